The number of carbonyl (C=O) groups is 3. The van der Waals surface area contributed by atoms with E-state index in [1.54, 1.807) is 36.4 Å². The Bertz CT molecular complexity index is 1500. The van der Waals surface area contributed by atoms with Crippen LogP contribution in [0.1, 0.15) is 62.4 Å². The van der Waals surface area contributed by atoms with Crippen molar-refractivity contribution in [3.63, 3.8) is 0 Å². The van der Waals surface area contributed by atoms with Gasteiger partial charge in [-0.1, -0.05) is 51.1 Å². The van der Waals surface area contributed by atoms with E-state index in [4.69, 9.17) is 4.74 Å². The topological polar surface area (TPSA) is 95.9 Å². The number of ketones is 1. The molecule has 1 unspecified atom stereocenters. The second kappa shape index (κ2) is 10.1. The number of aliphatic hydroxyl groups excluding tert-OH is 1. The van der Waals surface area contributed by atoms with E-state index in [2.05, 4.69) is 26.1 Å². The fourth-order valence-electron chi connectivity index (χ4n) is 5.18. The van der Waals surface area contributed by atoms with Crippen LogP contribution in [0.3, 0.4) is 0 Å². The summed E-state index contributed by atoms with van der Waals surface area (Å²) in [4.78, 5) is 40.2. The Morgan fingerprint density at radius 2 is 1.77 bits per heavy atom. The highest BCUT2D eigenvalue weighted by Gasteiger charge is 2.47. The minimum Gasteiger partial charge on any atom is -0.507 e. The number of rotatable bonds is 4. The van der Waals surface area contributed by atoms with E-state index in [1.165, 1.54) is 11.8 Å². The highest BCUT2D eigenvalue weighted by Crippen LogP contribution is 2.43. The minimum absolute atomic E-state index is 0.0186. The molecule has 7 nitrogen and oxygen atoms in total. The van der Waals surface area contributed by atoms with Gasteiger partial charge >= 0.3 is 0 Å². The van der Waals surface area contributed by atoms with Gasteiger partial charge in [-0.15, -0.1) is 0 Å². The molecule has 7 heteroatoms. The van der Waals surface area contributed by atoms with Crippen LogP contribution in [0.5, 0.6) is 5.75 Å². The Labute approximate surface area is 228 Å². The standard InChI is InChI=1S/C32H32N2O5/c1-19(35)33-24-8-5-9-25(18-24)34-28(20-10-13-23(14-11-20)32(2,3)4)27(30(37)31(34)38)29(36)22-12-15-26-21(17-22)7-6-16-39-26/h5,8-15,17-18,28,36H,6-7,16H2,1-4H3,(H,33,35)/b29-27-. The van der Waals surface area contributed by atoms with Gasteiger partial charge in [0.25, 0.3) is 11.7 Å². The van der Waals surface area contributed by atoms with Crippen LogP contribution in [-0.2, 0) is 26.2 Å². The molecule has 1 fully saturated rings. The number of nitrogens with zero attached hydrogens (tertiary/aromatic N) is 1. The fourth-order valence-corrected chi connectivity index (χ4v) is 5.18. The molecule has 5 rings (SSSR count). The Morgan fingerprint density at radius 3 is 2.46 bits per heavy atom. The van der Waals surface area contributed by atoms with E-state index in [0.29, 0.717) is 29.1 Å². The van der Waals surface area contributed by atoms with Crippen molar-refractivity contribution in [2.45, 2.75) is 52.0 Å². The van der Waals surface area contributed by atoms with Gasteiger partial charge in [0.05, 0.1) is 18.2 Å². The fraction of sp³-hybridized carbons (Fsp3) is 0.281. The van der Waals surface area contributed by atoms with E-state index in [9.17, 15) is 19.5 Å². The number of aryl methyl sites for hydroxylation is 1. The first-order valence-electron chi connectivity index (χ1n) is 13.1. The molecule has 0 aromatic heterocycles. The Hall–Kier alpha value is -4.39. The lowest BCUT2D eigenvalue weighted by atomic mass is 9.85. The van der Waals surface area contributed by atoms with Crippen LogP contribution in [0.4, 0.5) is 11.4 Å². The molecule has 2 amide bonds. The van der Waals surface area contributed by atoms with Gasteiger partial charge in [-0.05, 0) is 71.3 Å². The number of amides is 2. The molecule has 0 aliphatic carbocycles. The smallest absolute Gasteiger partial charge is 0.300 e. The molecule has 39 heavy (non-hydrogen) atoms. The number of hydrogen-bond acceptors (Lipinski definition) is 5. The summed E-state index contributed by atoms with van der Waals surface area (Å²) >= 11 is 0. The number of anilines is 2. The third kappa shape index (κ3) is 5.04. The molecule has 1 atom stereocenters. The zero-order valence-electron chi connectivity index (χ0n) is 22.6. The number of benzene rings is 3. The van der Waals surface area contributed by atoms with Crippen LogP contribution < -0.4 is 15.0 Å². The van der Waals surface area contributed by atoms with Crippen LogP contribution in [0.25, 0.3) is 5.76 Å². The monoisotopic (exact) mass is 524 g/mol. The zero-order valence-corrected chi connectivity index (χ0v) is 22.6. The van der Waals surface area contributed by atoms with Gasteiger partial charge in [0.1, 0.15) is 11.5 Å². The number of ether oxygens (including phenoxy) is 1. The molecule has 2 aliphatic rings. The van der Waals surface area contributed by atoms with Crippen LogP contribution in [0, 0.1) is 0 Å². The third-order valence-electron chi connectivity index (χ3n) is 7.16. The van der Waals surface area contributed by atoms with Gasteiger partial charge in [-0.3, -0.25) is 19.3 Å². The Balaban J connectivity index is 1.67. The first-order chi connectivity index (χ1) is 18.5. The quantitative estimate of drug-likeness (QED) is 0.252. The lowest BCUT2D eigenvalue weighted by Crippen LogP contribution is -2.29. The molecular weight excluding hydrogens is 492 g/mol. The third-order valence-corrected chi connectivity index (χ3v) is 7.16. The molecule has 2 heterocycles. The number of aliphatic hydroxyl groups is 1. The lowest BCUT2D eigenvalue weighted by molar-refractivity contribution is -0.132. The molecule has 2 aliphatic heterocycles. The van der Waals surface area contributed by atoms with E-state index in [-0.39, 0.29) is 22.7 Å². The zero-order chi connectivity index (χ0) is 27.9. The summed E-state index contributed by atoms with van der Waals surface area (Å²) in [6.45, 7) is 8.38. The van der Waals surface area contributed by atoms with Crippen LogP contribution >= 0.6 is 0 Å². The molecule has 3 aromatic rings. The van der Waals surface area contributed by atoms with E-state index in [1.807, 2.05) is 30.3 Å². The second-order valence-corrected chi connectivity index (χ2v) is 11.0. The predicted octanol–water partition coefficient (Wildman–Crippen LogP) is 5.89. The van der Waals surface area contributed by atoms with Gasteiger partial charge in [0, 0.05) is 23.9 Å². The first kappa shape index (κ1) is 26.2. The van der Waals surface area contributed by atoms with Crippen LogP contribution in [-0.4, -0.2) is 29.3 Å². The molecule has 200 valence electrons. The summed E-state index contributed by atoms with van der Waals surface area (Å²) in [5.41, 5.74) is 4.07. The predicted molar refractivity (Wildman–Crippen MR) is 151 cm³/mol. The Morgan fingerprint density at radius 1 is 1.03 bits per heavy atom. The van der Waals surface area contributed by atoms with Crippen molar-refractivity contribution < 1.29 is 24.2 Å². The van der Waals surface area contributed by atoms with Crippen molar-refractivity contribution in [1.82, 2.24) is 0 Å². The lowest BCUT2D eigenvalue weighted by Gasteiger charge is -2.27. The highest BCUT2D eigenvalue weighted by molar-refractivity contribution is 6.51. The number of Topliss-reactive ketones (excluding diaryl/α,β-unsaturated/α-hetero) is 1. The van der Waals surface area contributed by atoms with Crippen molar-refractivity contribution in [3.05, 3.63) is 94.6 Å². The maximum Gasteiger partial charge on any atom is 0.300 e. The normalized spacial score (nSPS) is 18.5. The molecule has 3 aromatic carbocycles. The largest absolute Gasteiger partial charge is 0.507 e. The molecule has 0 radical (unpaired) electrons. The molecule has 0 spiro atoms. The van der Waals surface area contributed by atoms with Crippen molar-refractivity contribution in [2.24, 2.45) is 0 Å². The van der Waals surface area contributed by atoms with Crippen molar-refractivity contribution >= 4 is 34.7 Å². The van der Waals surface area contributed by atoms with Gasteiger partial charge in [0.15, 0.2) is 0 Å². The minimum atomic E-state index is -0.862. The summed E-state index contributed by atoms with van der Waals surface area (Å²) in [5.74, 6) is -1.23. The van der Waals surface area contributed by atoms with Crippen molar-refractivity contribution in [2.75, 3.05) is 16.8 Å². The summed E-state index contributed by atoms with van der Waals surface area (Å²) < 4.78 is 5.71. The Kier molecular flexibility index (Phi) is 6.76. The molecule has 1 saturated heterocycles. The molecule has 0 saturated carbocycles. The number of hydrogen-bond donors (Lipinski definition) is 2. The van der Waals surface area contributed by atoms with Crippen LogP contribution in [0.2, 0.25) is 0 Å². The van der Waals surface area contributed by atoms with Crippen molar-refractivity contribution in [3.8, 4) is 5.75 Å². The summed E-state index contributed by atoms with van der Waals surface area (Å²) in [6, 6.07) is 19.0. The first-order valence-corrected chi connectivity index (χ1v) is 13.1. The van der Waals surface area contributed by atoms with Gasteiger partial charge < -0.3 is 15.2 Å². The highest BCUT2D eigenvalue weighted by atomic mass is 16.5. The maximum atomic E-state index is 13.6. The molecular formula is C32H32N2O5. The average molecular weight is 525 g/mol. The average Bonchev–Trinajstić information content (AvgIpc) is 3.17. The number of fused-ring (bicyclic) bond motifs is 1. The molecule has 2 N–H and O–H groups in total. The molecule has 0 bridgehead atoms. The van der Waals surface area contributed by atoms with Gasteiger partial charge in [0.2, 0.25) is 5.91 Å². The van der Waals surface area contributed by atoms with E-state index < -0.39 is 17.7 Å². The SMILES string of the molecule is CC(=O)Nc1cccc(N2C(=O)C(=O)/C(=C(\O)c3ccc4c(c3)CCCO4)C2c2ccc(C(C)(C)C)cc2)c1. The number of carbonyl (C=O) groups excluding carboxylic acids is 3. The summed E-state index contributed by atoms with van der Waals surface area (Å²) in [6.07, 6.45) is 1.67. The van der Waals surface area contributed by atoms with E-state index in [0.717, 1.165) is 29.7 Å². The second-order valence-electron chi connectivity index (χ2n) is 11.0. The number of nitrogens with one attached hydrogen (secondary N) is 1. The van der Waals surface area contributed by atoms with Crippen LogP contribution in [0.15, 0.2) is 72.3 Å². The van der Waals surface area contributed by atoms with Crippen molar-refractivity contribution in [1.29, 1.82) is 0 Å². The van der Waals surface area contributed by atoms with Gasteiger partial charge in [-0.2, -0.15) is 0 Å². The van der Waals surface area contributed by atoms with E-state index >= 15 is 0 Å². The summed E-state index contributed by atoms with van der Waals surface area (Å²) in [7, 11) is 0. The van der Waals surface area contributed by atoms with Gasteiger partial charge in [-0.25, -0.2) is 0 Å². The maximum absolute atomic E-state index is 13.6. The summed E-state index contributed by atoms with van der Waals surface area (Å²) in [5, 5.41) is 14.3.